The number of furan rings is 1. The van der Waals surface area contributed by atoms with E-state index in [1.807, 2.05) is 36.4 Å². The average molecular weight is 531 g/mol. The zero-order valence-electron chi connectivity index (χ0n) is 21.3. The van der Waals surface area contributed by atoms with Gasteiger partial charge < -0.3 is 14.3 Å². The molecule has 1 amide bonds. The number of aromatic nitrogens is 1. The van der Waals surface area contributed by atoms with Gasteiger partial charge in [-0.15, -0.1) is 0 Å². The van der Waals surface area contributed by atoms with E-state index in [0.717, 1.165) is 22.3 Å². The number of thiazole rings is 1. The van der Waals surface area contributed by atoms with E-state index in [2.05, 4.69) is 18.8 Å². The van der Waals surface area contributed by atoms with Gasteiger partial charge in [-0.3, -0.25) is 14.5 Å². The Morgan fingerprint density at radius 3 is 2.53 bits per heavy atom. The molecule has 1 aliphatic heterocycles. The first-order valence-corrected chi connectivity index (χ1v) is 13.1. The number of aryl methyl sites for hydroxylation is 1. The summed E-state index contributed by atoms with van der Waals surface area (Å²) in [4.78, 5) is 45.7. The van der Waals surface area contributed by atoms with Crippen molar-refractivity contribution in [2.75, 3.05) is 11.5 Å². The predicted molar refractivity (Wildman–Crippen MR) is 144 cm³/mol. The summed E-state index contributed by atoms with van der Waals surface area (Å²) in [7, 11) is 0. The number of amides is 1. The highest BCUT2D eigenvalue weighted by Crippen LogP contribution is 2.44. The summed E-state index contributed by atoms with van der Waals surface area (Å²) < 4.78 is 10.9. The normalized spacial score (nSPS) is 15.7. The van der Waals surface area contributed by atoms with Crippen LogP contribution in [-0.2, 0) is 9.53 Å². The first-order chi connectivity index (χ1) is 18.2. The van der Waals surface area contributed by atoms with Crippen LogP contribution in [0.15, 0.2) is 70.3 Å². The summed E-state index contributed by atoms with van der Waals surface area (Å²) in [5.41, 5.74) is 2.48. The van der Waals surface area contributed by atoms with Gasteiger partial charge >= 0.3 is 5.97 Å². The number of carbonyl (C=O) groups is 3. The summed E-state index contributed by atoms with van der Waals surface area (Å²) in [5.74, 6) is -2.33. The fourth-order valence-electron chi connectivity index (χ4n) is 4.51. The van der Waals surface area contributed by atoms with Crippen molar-refractivity contribution < 1.29 is 28.6 Å². The number of nitrogens with zero attached hydrogens (tertiary/aromatic N) is 2. The standard InChI is InChI=1S/C29H26N2O6S/c1-5-36-28(35)26-16(4)30-29(38-26)31-23(18-12-10-17(11-13-18)15(2)3)22(25(33)27(31)34)24(32)21-14-19-8-6-7-9-20(19)37-21/h6-15,23,33H,5H2,1-4H3. The summed E-state index contributed by atoms with van der Waals surface area (Å²) >= 11 is 0.977. The Bertz CT molecular complexity index is 1560. The SMILES string of the molecule is CCOC(=O)c1sc(N2C(=O)C(O)=C(C(=O)c3cc4ccccc4o3)C2c2ccc(C(C)C)cc2)nc1C. The van der Waals surface area contributed by atoms with Crippen LogP contribution in [0.2, 0.25) is 0 Å². The minimum atomic E-state index is -0.981. The zero-order chi connectivity index (χ0) is 27.1. The number of aliphatic hydroxyl groups excluding tert-OH is 1. The fraction of sp³-hybridized carbons (Fsp3) is 0.241. The Balaban J connectivity index is 1.63. The number of esters is 1. The molecule has 0 fully saturated rings. The quantitative estimate of drug-likeness (QED) is 0.221. The number of ether oxygens (including phenoxy) is 1. The van der Waals surface area contributed by atoms with Gasteiger partial charge in [-0.2, -0.15) is 0 Å². The maximum atomic E-state index is 13.8. The van der Waals surface area contributed by atoms with E-state index in [1.165, 1.54) is 4.90 Å². The van der Waals surface area contributed by atoms with Crippen molar-refractivity contribution >= 4 is 45.1 Å². The average Bonchev–Trinajstić information content (AvgIpc) is 3.58. The van der Waals surface area contributed by atoms with E-state index in [9.17, 15) is 19.5 Å². The number of benzene rings is 2. The van der Waals surface area contributed by atoms with E-state index in [4.69, 9.17) is 9.15 Å². The van der Waals surface area contributed by atoms with Crippen molar-refractivity contribution in [2.45, 2.75) is 39.7 Å². The molecule has 0 bridgehead atoms. The van der Waals surface area contributed by atoms with Crippen molar-refractivity contribution in [1.82, 2.24) is 4.98 Å². The van der Waals surface area contributed by atoms with Crippen LogP contribution in [0, 0.1) is 6.92 Å². The highest BCUT2D eigenvalue weighted by Gasteiger charge is 2.47. The molecular weight excluding hydrogens is 504 g/mol. The van der Waals surface area contributed by atoms with Crippen LogP contribution in [0.1, 0.15) is 69.8 Å². The van der Waals surface area contributed by atoms with Crippen molar-refractivity contribution in [1.29, 1.82) is 0 Å². The van der Waals surface area contributed by atoms with Crippen LogP contribution >= 0.6 is 11.3 Å². The summed E-state index contributed by atoms with van der Waals surface area (Å²) in [6.45, 7) is 7.67. The summed E-state index contributed by atoms with van der Waals surface area (Å²) in [6, 6.07) is 15.3. The van der Waals surface area contributed by atoms with Crippen LogP contribution in [-0.4, -0.2) is 34.4 Å². The van der Waals surface area contributed by atoms with Crippen molar-refractivity contribution in [3.63, 3.8) is 0 Å². The molecule has 0 spiro atoms. The molecule has 0 saturated heterocycles. The molecule has 8 nitrogen and oxygen atoms in total. The molecule has 9 heteroatoms. The Morgan fingerprint density at radius 1 is 1.16 bits per heavy atom. The van der Waals surface area contributed by atoms with Gasteiger partial charge in [0.1, 0.15) is 10.5 Å². The number of fused-ring (bicyclic) bond motifs is 1. The van der Waals surface area contributed by atoms with Crippen LogP contribution in [0.3, 0.4) is 0 Å². The second kappa shape index (κ2) is 9.90. The second-order valence-electron chi connectivity index (χ2n) is 9.27. The lowest BCUT2D eigenvalue weighted by molar-refractivity contribution is -0.117. The van der Waals surface area contributed by atoms with Gasteiger partial charge in [0, 0.05) is 5.39 Å². The maximum absolute atomic E-state index is 13.8. The Hall–Kier alpha value is -4.24. The van der Waals surface area contributed by atoms with Crippen molar-refractivity contribution in [3.8, 4) is 0 Å². The highest BCUT2D eigenvalue weighted by atomic mass is 32.1. The van der Waals surface area contributed by atoms with Gasteiger partial charge in [0.25, 0.3) is 5.91 Å². The minimum Gasteiger partial charge on any atom is -0.503 e. The molecule has 1 aliphatic rings. The molecule has 0 radical (unpaired) electrons. The number of rotatable bonds is 7. The molecule has 38 heavy (non-hydrogen) atoms. The Labute approximate surface area is 223 Å². The lowest BCUT2D eigenvalue weighted by Gasteiger charge is -2.24. The largest absolute Gasteiger partial charge is 0.503 e. The molecule has 194 valence electrons. The molecule has 4 aromatic rings. The molecular formula is C29H26N2O6S. The number of Topliss-reactive ketones (excluding diaryl/α,β-unsaturated/α-hetero) is 1. The number of anilines is 1. The summed E-state index contributed by atoms with van der Waals surface area (Å²) in [5, 5.41) is 12.0. The van der Waals surface area contributed by atoms with Crippen LogP contribution in [0.4, 0.5) is 5.13 Å². The number of hydrogen-bond donors (Lipinski definition) is 1. The van der Waals surface area contributed by atoms with E-state index < -0.39 is 29.5 Å². The number of ketones is 1. The predicted octanol–water partition coefficient (Wildman–Crippen LogP) is 6.28. The lowest BCUT2D eigenvalue weighted by Crippen LogP contribution is -2.31. The van der Waals surface area contributed by atoms with E-state index in [-0.39, 0.29) is 33.9 Å². The molecule has 0 aliphatic carbocycles. The van der Waals surface area contributed by atoms with Gasteiger partial charge in [0.05, 0.1) is 23.9 Å². The van der Waals surface area contributed by atoms with Crippen LogP contribution in [0.25, 0.3) is 11.0 Å². The third kappa shape index (κ3) is 4.28. The second-order valence-corrected chi connectivity index (χ2v) is 10.2. The van der Waals surface area contributed by atoms with Gasteiger partial charge in [-0.05, 0) is 43.0 Å². The molecule has 1 unspecified atom stereocenters. The first-order valence-electron chi connectivity index (χ1n) is 12.3. The van der Waals surface area contributed by atoms with Crippen LogP contribution < -0.4 is 4.90 Å². The molecule has 5 rings (SSSR count). The Morgan fingerprint density at radius 2 is 1.87 bits per heavy atom. The number of carbonyl (C=O) groups excluding carboxylic acids is 3. The van der Waals surface area contributed by atoms with Crippen molar-refractivity contribution in [2.24, 2.45) is 0 Å². The number of aliphatic hydroxyl groups is 1. The van der Waals surface area contributed by atoms with E-state index in [0.29, 0.717) is 16.8 Å². The maximum Gasteiger partial charge on any atom is 0.350 e. The highest BCUT2D eigenvalue weighted by molar-refractivity contribution is 7.17. The van der Waals surface area contributed by atoms with Gasteiger partial charge in [0.2, 0.25) is 5.78 Å². The monoisotopic (exact) mass is 530 g/mol. The molecule has 2 aromatic carbocycles. The van der Waals surface area contributed by atoms with E-state index >= 15 is 0 Å². The minimum absolute atomic E-state index is 0.00809. The Kier molecular flexibility index (Phi) is 6.62. The number of para-hydroxylation sites is 1. The zero-order valence-corrected chi connectivity index (χ0v) is 22.2. The molecule has 1 atom stereocenters. The third-order valence-electron chi connectivity index (χ3n) is 6.47. The van der Waals surface area contributed by atoms with Crippen molar-refractivity contribution in [3.05, 3.63) is 93.4 Å². The molecule has 1 N–H and O–H groups in total. The van der Waals surface area contributed by atoms with Gasteiger partial charge in [-0.25, -0.2) is 9.78 Å². The van der Waals surface area contributed by atoms with Gasteiger partial charge in [-0.1, -0.05) is 67.6 Å². The molecule has 0 saturated carbocycles. The fourth-order valence-corrected chi connectivity index (χ4v) is 5.50. The molecule has 2 aromatic heterocycles. The topological polar surface area (TPSA) is 110 Å². The van der Waals surface area contributed by atoms with Gasteiger partial charge in [0.15, 0.2) is 16.7 Å². The lowest BCUT2D eigenvalue weighted by atomic mass is 9.93. The third-order valence-corrected chi connectivity index (χ3v) is 7.61. The van der Waals surface area contributed by atoms with E-state index in [1.54, 1.807) is 32.0 Å². The number of hydrogen-bond acceptors (Lipinski definition) is 8. The summed E-state index contributed by atoms with van der Waals surface area (Å²) in [6.07, 6.45) is 0. The first kappa shape index (κ1) is 25.4. The smallest absolute Gasteiger partial charge is 0.350 e. The van der Waals surface area contributed by atoms with Crippen LogP contribution in [0.5, 0.6) is 0 Å². The molecule has 3 heterocycles.